The number of rotatable bonds is 9. The Morgan fingerprint density at radius 1 is 1.28 bits per heavy atom. The van der Waals surface area contributed by atoms with Crippen LogP contribution in [0, 0.1) is 5.92 Å². The Morgan fingerprint density at radius 2 is 2.03 bits per heavy atom. The van der Waals surface area contributed by atoms with Crippen LogP contribution in [0.5, 0.6) is 11.5 Å². The molecule has 0 unspecified atom stereocenters. The summed E-state index contributed by atoms with van der Waals surface area (Å²) in [5.74, 6) is 0.420. The summed E-state index contributed by atoms with van der Waals surface area (Å²) in [6.45, 7) is -0.158. The van der Waals surface area contributed by atoms with Gasteiger partial charge in [-0.05, 0) is 50.3 Å². The van der Waals surface area contributed by atoms with Crippen molar-refractivity contribution < 1.29 is 32.3 Å². The maximum Gasteiger partial charge on any atom is 0.387 e. The van der Waals surface area contributed by atoms with Gasteiger partial charge in [0.2, 0.25) is 5.89 Å². The van der Waals surface area contributed by atoms with Gasteiger partial charge in [0.05, 0.1) is 12.6 Å². The van der Waals surface area contributed by atoms with Crippen LogP contribution in [0.15, 0.2) is 22.6 Å². The number of ether oxygens (including phenoxy) is 2. The van der Waals surface area contributed by atoms with E-state index >= 15 is 0 Å². The van der Waals surface area contributed by atoms with Crippen LogP contribution in [0.1, 0.15) is 48.5 Å². The van der Waals surface area contributed by atoms with Gasteiger partial charge in [0.25, 0.3) is 5.91 Å². The number of nitrogens with zero attached hydrogens (tertiary/aromatic N) is 3. The molecule has 1 aliphatic carbocycles. The maximum atomic E-state index is 13.3. The van der Waals surface area contributed by atoms with E-state index in [9.17, 15) is 18.4 Å². The number of aromatic nitrogens is 1. The Morgan fingerprint density at radius 3 is 2.67 bits per heavy atom. The number of hydrogen-bond acceptors (Lipinski definition) is 7. The predicted molar refractivity (Wildman–Crippen MR) is 126 cm³/mol. The van der Waals surface area contributed by atoms with Crippen LogP contribution in [0.25, 0.3) is 11.5 Å². The second-order valence-electron chi connectivity index (χ2n) is 9.40. The van der Waals surface area contributed by atoms with Crippen molar-refractivity contribution >= 4 is 11.9 Å². The summed E-state index contributed by atoms with van der Waals surface area (Å²) in [7, 11) is 3.29. The van der Waals surface area contributed by atoms with E-state index < -0.39 is 12.7 Å². The fraction of sp³-hybridized carbons (Fsp3) is 0.542. The first-order valence-electron chi connectivity index (χ1n) is 11.9. The molecule has 3 amide bonds. The molecular formula is C24H31F2N5O5. The number of likely N-dealkylation sites (tertiary alicyclic amines) is 1. The van der Waals surface area contributed by atoms with Gasteiger partial charge in [-0.3, -0.25) is 4.79 Å². The van der Waals surface area contributed by atoms with E-state index in [1.807, 2.05) is 0 Å². The van der Waals surface area contributed by atoms with E-state index in [0.717, 1.165) is 12.8 Å². The molecule has 1 saturated heterocycles. The zero-order chi connectivity index (χ0) is 26.0. The Kier molecular flexibility index (Phi) is 7.62. The number of nitrogens with one attached hydrogen (secondary N) is 1. The van der Waals surface area contributed by atoms with E-state index in [4.69, 9.17) is 14.9 Å². The highest BCUT2D eigenvalue weighted by molar-refractivity contribution is 5.94. The molecule has 1 saturated carbocycles. The molecule has 1 aromatic carbocycles. The van der Waals surface area contributed by atoms with Gasteiger partial charge in [-0.25, -0.2) is 9.78 Å². The first kappa shape index (κ1) is 25.7. The molecule has 196 valence electrons. The number of benzene rings is 1. The van der Waals surface area contributed by atoms with Crippen molar-refractivity contribution in [2.45, 2.75) is 44.9 Å². The first-order chi connectivity index (χ1) is 17.1. The Hall–Kier alpha value is -3.41. The predicted octanol–water partition coefficient (Wildman–Crippen LogP) is 3.24. The van der Waals surface area contributed by atoms with Crippen molar-refractivity contribution in [3.8, 4) is 23.0 Å². The van der Waals surface area contributed by atoms with E-state index in [1.165, 1.54) is 23.1 Å². The normalized spacial score (nSPS) is 18.3. The van der Waals surface area contributed by atoms with Crippen molar-refractivity contribution in [2.75, 3.05) is 33.8 Å². The maximum absolute atomic E-state index is 13.3. The largest absolute Gasteiger partial charge is 0.489 e. The number of amides is 3. The van der Waals surface area contributed by atoms with Crippen LogP contribution in [0.2, 0.25) is 0 Å². The number of carbonyl (C=O) groups excluding carboxylic acids is 2. The standard InChI is InChI=1S/C24H31F2N5O5/c1-13(27)20-19(22(32)31-9-8-16(11-31)28-24(33)30(2)3)29-21(36-20)15-6-7-17(35-23(25)26)18(10-15)34-12-14-4-5-14/h6-7,10,13-14,16,23H,4-5,8-9,11-12,27H2,1-3H3,(H,28,33)/t13-,16-/m0/s1. The van der Waals surface area contributed by atoms with Crippen LogP contribution in [0.4, 0.5) is 13.6 Å². The van der Waals surface area contributed by atoms with E-state index in [2.05, 4.69) is 15.0 Å². The smallest absolute Gasteiger partial charge is 0.387 e. The van der Waals surface area contributed by atoms with Gasteiger partial charge < -0.3 is 34.7 Å². The molecule has 2 aliphatic rings. The molecule has 0 radical (unpaired) electrons. The van der Waals surface area contributed by atoms with E-state index in [-0.39, 0.29) is 46.8 Å². The van der Waals surface area contributed by atoms with Gasteiger partial charge in [0, 0.05) is 38.8 Å². The van der Waals surface area contributed by atoms with Gasteiger partial charge >= 0.3 is 12.6 Å². The zero-order valence-corrected chi connectivity index (χ0v) is 20.5. The molecule has 2 aromatic rings. The minimum atomic E-state index is -3.00. The third-order valence-electron chi connectivity index (χ3n) is 6.06. The lowest BCUT2D eigenvalue weighted by Crippen LogP contribution is -2.43. The summed E-state index contributed by atoms with van der Waals surface area (Å²) in [6.07, 6.45) is 2.67. The molecule has 0 spiro atoms. The average molecular weight is 508 g/mol. The third-order valence-corrected chi connectivity index (χ3v) is 6.06. The van der Waals surface area contributed by atoms with Gasteiger partial charge in [-0.1, -0.05) is 0 Å². The number of nitrogens with two attached hydrogens (primary N) is 1. The second-order valence-corrected chi connectivity index (χ2v) is 9.40. The highest BCUT2D eigenvalue weighted by atomic mass is 19.3. The summed E-state index contributed by atoms with van der Waals surface area (Å²) in [6, 6.07) is 3.35. The minimum Gasteiger partial charge on any atom is -0.489 e. The fourth-order valence-electron chi connectivity index (χ4n) is 3.87. The molecular weight excluding hydrogens is 476 g/mol. The Bertz CT molecular complexity index is 1100. The lowest BCUT2D eigenvalue weighted by Gasteiger charge is -2.18. The summed E-state index contributed by atoms with van der Waals surface area (Å²) in [5, 5.41) is 2.88. The van der Waals surface area contributed by atoms with Crippen LogP contribution >= 0.6 is 0 Å². The van der Waals surface area contributed by atoms with Crippen molar-refractivity contribution in [1.82, 2.24) is 20.1 Å². The Labute approximate surface area is 207 Å². The second kappa shape index (κ2) is 10.7. The number of carbonyl (C=O) groups is 2. The average Bonchev–Trinajstić information content (AvgIpc) is 3.35. The van der Waals surface area contributed by atoms with Gasteiger partial charge in [0.1, 0.15) is 0 Å². The molecule has 4 rings (SSSR count). The SMILES string of the molecule is C[C@H](N)c1oc(-c2ccc(OC(F)F)c(OCC3CC3)c2)nc1C(=O)N1CC[C@H](NC(=O)N(C)C)C1. The molecule has 0 bridgehead atoms. The lowest BCUT2D eigenvalue weighted by molar-refractivity contribution is -0.0515. The van der Waals surface area contributed by atoms with Crippen LogP contribution < -0.4 is 20.5 Å². The van der Waals surface area contributed by atoms with Crippen LogP contribution in [0.3, 0.4) is 0 Å². The monoisotopic (exact) mass is 507 g/mol. The quantitative estimate of drug-likeness (QED) is 0.534. The van der Waals surface area contributed by atoms with Crippen LogP contribution in [-0.2, 0) is 0 Å². The molecule has 2 heterocycles. The van der Waals surface area contributed by atoms with Crippen molar-refractivity contribution in [1.29, 1.82) is 0 Å². The van der Waals surface area contributed by atoms with E-state index in [0.29, 0.717) is 37.6 Å². The molecule has 36 heavy (non-hydrogen) atoms. The number of hydrogen-bond donors (Lipinski definition) is 2. The summed E-state index contributed by atoms with van der Waals surface area (Å²) < 4.78 is 41.9. The Balaban J connectivity index is 1.56. The molecule has 10 nitrogen and oxygen atoms in total. The van der Waals surface area contributed by atoms with Crippen LogP contribution in [-0.4, -0.2) is 73.2 Å². The summed E-state index contributed by atoms with van der Waals surface area (Å²) in [5.41, 5.74) is 6.58. The summed E-state index contributed by atoms with van der Waals surface area (Å²) >= 11 is 0. The molecule has 1 aliphatic heterocycles. The first-order valence-corrected chi connectivity index (χ1v) is 11.9. The molecule has 2 fully saturated rings. The number of alkyl halides is 2. The number of oxazole rings is 1. The molecule has 2 atom stereocenters. The van der Waals surface area contributed by atoms with Crippen molar-refractivity contribution in [3.63, 3.8) is 0 Å². The van der Waals surface area contributed by atoms with Gasteiger partial charge in [-0.2, -0.15) is 8.78 Å². The zero-order valence-electron chi connectivity index (χ0n) is 20.5. The molecule has 3 N–H and O–H groups in total. The fourth-order valence-corrected chi connectivity index (χ4v) is 3.87. The topological polar surface area (TPSA) is 123 Å². The highest BCUT2D eigenvalue weighted by Gasteiger charge is 2.33. The van der Waals surface area contributed by atoms with Crippen molar-refractivity contribution in [3.05, 3.63) is 29.7 Å². The lowest BCUT2D eigenvalue weighted by atomic mass is 10.2. The van der Waals surface area contributed by atoms with Crippen molar-refractivity contribution in [2.24, 2.45) is 11.7 Å². The third kappa shape index (κ3) is 6.04. The number of halogens is 2. The van der Waals surface area contributed by atoms with E-state index in [1.54, 1.807) is 25.9 Å². The number of urea groups is 1. The minimum absolute atomic E-state index is 0.0768. The molecule has 1 aromatic heterocycles. The van der Waals surface area contributed by atoms with Gasteiger partial charge in [-0.15, -0.1) is 0 Å². The summed E-state index contributed by atoms with van der Waals surface area (Å²) in [4.78, 5) is 32.7. The molecule has 12 heteroatoms. The highest BCUT2D eigenvalue weighted by Crippen LogP contribution is 2.37. The van der Waals surface area contributed by atoms with Gasteiger partial charge in [0.15, 0.2) is 23.0 Å².